The lowest BCUT2D eigenvalue weighted by Gasteiger charge is -2.34. The smallest absolute Gasteiger partial charge is 0.315 e. The van der Waals surface area contributed by atoms with E-state index in [0.717, 1.165) is 62.8 Å². The van der Waals surface area contributed by atoms with Crippen LogP contribution >= 0.6 is 0 Å². The van der Waals surface area contributed by atoms with Gasteiger partial charge in [0.2, 0.25) is 0 Å². The Balaban J connectivity index is 1.07. The number of carbonyl (C=O) groups excluding carboxylic acids is 1. The number of amides is 2. The van der Waals surface area contributed by atoms with Gasteiger partial charge in [-0.3, -0.25) is 4.90 Å². The molecule has 7 nitrogen and oxygen atoms in total. The molecule has 7 heteroatoms. The summed E-state index contributed by atoms with van der Waals surface area (Å²) in [5.74, 6) is 1.51. The minimum Gasteiger partial charge on any atom is -0.486 e. The van der Waals surface area contributed by atoms with Crippen molar-refractivity contribution in [2.75, 3.05) is 52.5 Å². The lowest BCUT2D eigenvalue weighted by molar-refractivity contribution is 0.126. The van der Waals surface area contributed by atoms with Gasteiger partial charge in [0.1, 0.15) is 13.2 Å². The van der Waals surface area contributed by atoms with Crippen LogP contribution in [0, 0.1) is 0 Å². The molecule has 4 rings (SSSR count). The first kappa shape index (κ1) is 21.5. The summed E-state index contributed by atoms with van der Waals surface area (Å²) in [6, 6.07) is 16.3. The Kier molecular flexibility index (Phi) is 7.63. The first-order valence-corrected chi connectivity index (χ1v) is 11.2. The standard InChI is InChI=1S/C24H32N4O3/c29-24(26-18-21-7-8-22-23(17-21)31-16-15-30-22)25-9-4-10-27-11-13-28(14-12-27)19-20-5-2-1-3-6-20/h1-3,5-8,17H,4,9-16,18-19H2,(H2,25,26,29). The first-order valence-electron chi connectivity index (χ1n) is 11.2. The Hall–Kier alpha value is -2.77. The maximum Gasteiger partial charge on any atom is 0.315 e. The molecule has 2 heterocycles. The van der Waals surface area contributed by atoms with Crippen LogP contribution in [0.15, 0.2) is 48.5 Å². The van der Waals surface area contributed by atoms with E-state index >= 15 is 0 Å². The molecule has 31 heavy (non-hydrogen) atoms. The number of urea groups is 1. The molecule has 2 aromatic rings. The molecule has 2 aliphatic heterocycles. The van der Waals surface area contributed by atoms with E-state index in [0.29, 0.717) is 26.3 Å². The number of hydrogen-bond donors (Lipinski definition) is 2. The average Bonchev–Trinajstić information content (AvgIpc) is 2.82. The summed E-state index contributed by atoms with van der Waals surface area (Å²) in [7, 11) is 0. The first-order chi connectivity index (χ1) is 15.3. The van der Waals surface area contributed by atoms with Gasteiger partial charge in [0.05, 0.1) is 0 Å². The van der Waals surface area contributed by atoms with E-state index < -0.39 is 0 Å². The Morgan fingerprint density at radius 3 is 2.39 bits per heavy atom. The lowest BCUT2D eigenvalue weighted by atomic mass is 10.2. The molecular formula is C24H32N4O3. The van der Waals surface area contributed by atoms with Gasteiger partial charge in [0.15, 0.2) is 11.5 Å². The van der Waals surface area contributed by atoms with Gasteiger partial charge >= 0.3 is 6.03 Å². The number of benzene rings is 2. The van der Waals surface area contributed by atoms with Crippen molar-refractivity contribution in [3.05, 3.63) is 59.7 Å². The highest BCUT2D eigenvalue weighted by atomic mass is 16.6. The predicted octanol–water partition coefficient (Wildman–Crippen LogP) is 2.46. The van der Waals surface area contributed by atoms with Crippen molar-refractivity contribution < 1.29 is 14.3 Å². The fourth-order valence-corrected chi connectivity index (χ4v) is 3.96. The van der Waals surface area contributed by atoms with Crippen LogP contribution in [0.5, 0.6) is 11.5 Å². The van der Waals surface area contributed by atoms with E-state index in [9.17, 15) is 4.79 Å². The second kappa shape index (κ2) is 11.0. The fourth-order valence-electron chi connectivity index (χ4n) is 3.96. The summed E-state index contributed by atoms with van der Waals surface area (Å²) >= 11 is 0. The zero-order valence-electron chi connectivity index (χ0n) is 18.0. The van der Waals surface area contributed by atoms with Gasteiger partial charge < -0.3 is 25.0 Å². The molecule has 2 aromatic carbocycles. The lowest BCUT2D eigenvalue weighted by Crippen LogP contribution is -2.46. The summed E-state index contributed by atoms with van der Waals surface area (Å²) in [5.41, 5.74) is 2.37. The number of nitrogens with one attached hydrogen (secondary N) is 2. The van der Waals surface area contributed by atoms with Gasteiger partial charge in [-0.15, -0.1) is 0 Å². The molecule has 0 saturated carbocycles. The Morgan fingerprint density at radius 1 is 0.839 bits per heavy atom. The highest BCUT2D eigenvalue weighted by Crippen LogP contribution is 2.30. The Labute approximate surface area is 184 Å². The zero-order valence-corrected chi connectivity index (χ0v) is 18.0. The van der Waals surface area contributed by atoms with Crippen molar-refractivity contribution in [2.24, 2.45) is 0 Å². The number of rotatable bonds is 8. The van der Waals surface area contributed by atoms with Crippen LogP contribution in [-0.4, -0.2) is 68.3 Å². The molecule has 2 amide bonds. The van der Waals surface area contributed by atoms with Gasteiger partial charge in [-0.25, -0.2) is 4.79 Å². The van der Waals surface area contributed by atoms with E-state index in [1.807, 2.05) is 18.2 Å². The monoisotopic (exact) mass is 424 g/mol. The highest BCUT2D eigenvalue weighted by molar-refractivity contribution is 5.73. The number of fused-ring (bicyclic) bond motifs is 1. The van der Waals surface area contributed by atoms with Crippen LogP contribution in [0.4, 0.5) is 4.79 Å². The number of hydrogen-bond acceptors (Lipinski definition) is 5. The van der Waals surface area contributed by atoms with Gasteiger partial charge in [-0.05, 0) is 36.2 Å². The quantitative estimate of drug-likeness (QED) is 0.638. The topological polar surface area (TPSA) is 66.1 Å². The van der Waals surface area contributed by atoms with E-state index in [4.69, 9.17) is 9.47 Å². The Bertz CT molecular complexity index is 838. The summed E-state index contributed by atoms with van der Waals surface area (Å²) in [6.45, 7) is 8.69. The van der Waals surface area contributed by atoms with Crippen molar-refractivity contribution >= 4 is 6.03 Å². The van der Waals surface area contributed by atoms with Gasteiger partial charge in [-0.2, -0.15) is 0 Å². The van der Waals surface area contributed by atoms with Crippen LogP contribution in [-0.2, 0) is 13.1 Å². The number of carbonyl (C=O) groups is 1. The SMILES string of the molecule is O=C(NCCCN1CCN(Cc2ccccc2)CC1)NCc1ccc2c(c1)OCCO2. The van der Waals surface area contributed by atoms with Crippen LogP contribution in [0.1, 0.15) is 17.5 Å². The number of ether oxygens (including phenoxy) is 2. The average molecular weight is 425 g/mol. The van der Waals surface area contributed by atoms with E-state index in [2.05, 4.69) is 50.8 Å². The summed E-state index contributed by atoms with van der Waals surface area (Å²) in [6.07, 6.45) is 0.954. The van der Waals surface area contributed by atoms with Crippen molar-refractivity contribution in [1.82, 2.24) is 20.4 Å². The van der Waals surface area contributed by atoms with Crippen molar-refractivity contribution in [3.8, 4) is 11.5 Å². The van der Waals surface area contributed by atoms with Crippen molar-refractivity contribution in [1.29, 1.82) is 0 Å². The van der Waals surface area contributed by atoms with E-state index in [1.165, 1.54) is 5.56 Å². The predicted molar refractivity (Wildman–Crippen MR) is 120 cm³/mol. The maximum absolute atomic E-state index is 12.1. The van der Waals surface area contributed by atoms with E-state index in [1.54, 1.807) is 0 Å². The van der Waals surface area contributed by atoms with Crippen LogP contribution in [0.25, 0.3) is 0 Å². The number of piperazine rings is 1. The van der Waals surface area contributed by atoms with Crippen LogP contribution in [0.3, 0.4) is 0 Å². The Morgan fingerprint density at radius 2 is 1.58 bits per heavy atom. The third-order valence-electron chi connectivity index (χ3n) is 5.71. The minimum absolute atomic E-state index is 0.137. The molecule has 0 unspecified atom stereocenters. The third-order valence-corrected chi connectivity index (χ3v) is 5.71. The molecule has 0 bridgehead atoms. The molecule has 166 valence electrons. The molecule has 0 aliphatic carbocycles. The van der Waals surface area contributed by atoms with Crippen molar-refractivity contribution in [2.45, 2.75) is 19.5 Å². The van der Waals surface area contributed by atoms with Gasteiger partial charge in [0, 0.05) is 45.8 Å². The minimum atomic E-state index is -0.137. The second-order valence-electron chi connectivity index (χ2n) is 8.04. The summed E-state index contributed by atoms with van der Waals surface area (Å²) in [4.78, 5) is 17.1. The maximum atomic E-state index is 12.1. The van der Waals surface area contributed by atoms with Gasteiger partial charge in [0.25, 0.3) is 0 Å². The van der Waals surface area contributed by atoms with Crippen LogP contribution in [0.2, 0.25) is 0 Å². The summed E-state index contributed by atoms with van der Waals surface area (Å²) < 4.78 is 11.1. The van der Waals surface area contributed by atoms with Crippen LogP contribution < -0.4 is 20.1 Å². The van der Waals surface area contributed by atoms with E-state index in [-0.39, 0.29) is 6.03 Å². The molecule has 1 fully saturated rings. The summed E-state index contributed by atoms with van der Waals surface area (Å²) in [5, 5.41) is 5.86. The molecule has 2 aliphatic rings. The normalized spacial score (nSPS) is 16.6. The molecular weight excluding hydrogens is 392 g/mol. The third kappa shape index (κ3) is 6.60. The molecule has 0 radical (unpaired) electrons. The fraction of sp³-hybridized carbons (Fsp3) is 0.458. The molecule has 0 spiro atoms. The second-order valence-corrected chi connectivity index (χ2v) is 8.04. The zero-order chi connectivity index (χ0) is 21.3. The van der Waals surface area contributed by atoms with Gasteiger partial charge in [-0.1, -0.05) is 36.4 Å². The highest BCUT2D eigenvalue weighted by Gasteiger charge is 2.16. The molecule has 0 aromatic heterocycles. The molecule has 2 N–H and O–H groups in total. The number of nitrogens with zero attached hydrogens (tertiary/aromatic N) is 2. The van der Waals surface area contributed by atoms with Crippen molar-refractivity contribution in [3.63, 3.8) is 0 Å². The molecule has 1 saturated heterocycles. The largest absolute Gasteiger partial charge is 0.486 e. The molecule has 0 atom stereocenters.